The largest absolute Gasteiger partial charge is 0.378 e. The van der Waals surface area contributed by atoms with Crippen molar-refractivity contribution in [2.75, 3.05) is 38.3 Å². The number of nitro benzene ring substituents is 1. The average molecular weight is 390 g/mol. The molecule has 1 heterocycles. The zero-order valence-corrected chi connectivity index (χ0v) is 15.7. The number of nitro groups is 1. The first-order valence-electron chi connectivity index (χ1n) is 8.57. The Hall–Kier alpha value is -2.64. The molecule has 1 amide bonds. The second-order valence-electron chi connectivity index (χ2n) is 6.35. The van der Waals surface area contributed by atoms with Crippen molar-refractivity contribution in [2.24, 2.45) is 0 Å². The quantitative estimate of drug-likeness (QED) is 0.579. The van der Waals surface area contributed by atoms with Gasteiger partial charge in [0.15, 0.2) is 0 Å². The third kappa shape index (κ3) is 4.56. The average Bonchev–Trinajstić information content (AvgIpc) is 2.68. The van der Waals surface area contributed by atoms with Crippen LogP contribution in [-0.4, -0.2) is 49.1 Å². The highest BCUT2D eigenvalue weighted by atomic mass is 35.5. The van der Waals surface area contributed by atoms with Gasteiger partial charge in [-0.2, -0.15) is 0 Å². The van der Waals surface area contributed by atoms with E-state index in [0.29, 0.717) is 6.54 Å². The maximum atomic E-state index is 12.6. The number of carbonyl (C=O) groups excluding carboxylic acids is 1. The number of hydrogen-bond donors (Lipinski definition) is 0. The van der Waals surface area contributed by atoms with Gasteiger partial charge in [0, 0.05) is 44.5 Å². The summed E-state index contributed by atoms with van der Waals surface area (Å²) >= 11 is 6.05. The summed E-state index contributed by atoms with van der Waals surface area (Å²) in [4.78, 5) is 26.7. The molecule has 0 unspecified atom stereocenters. The number of non-ortho nitro benzene ring substituents is 1. The number of amides is 1. The van der Waals surface area contributed by atoms with Crippen molar-refractivity contribution in [3.63, 3.8) is 0 Å². The van der Waals surface area contributed by atoms with E-state index in [4.69, 9.17) is 16.3 Å². The van der Waals surface area contributed by atoms with Crippen molar-refractivity contribution in [3.05, 3.63) is 68.7 Å². The molecule has 2 aromatic rings. The topological polar surface area (TPSA) is 75.9 Å². The van der Waals surface area contributed by atoms with Crippen LogP contribution in [0.2, 0.25) is 5.02 Å². The fourth-order valence-electron chi connectivity index (χ4n) is 2.98. The highest BCUT2D eigenvalue weighted by Crippen LogP contribution is 2.24. The summed E-state index contributed by atoms with van der Waals surface area (Å²) in [5.41, 5.74) is 2.22. The minimum absolute atomic E-state index is 0.0729. The summed E-state index contributed by atoms with van der Waals surface area (Å²) in [5, 5.41) is 10.9. The Kier molecular flexibility index (Phi) is 5.93. The van der Waals surface area contributed by atoms with E-state index in [2.05, 4.69) is 4.90 Å². The van der Waals surface area contributed by atoms with Crippen LogP contribution in [0.1, 0.15) is 15.9 Å². The van der Waals surface area contributed by atoms with Crippen LogP contribution >= 0.6 is 11.6 Å². The Morgan fingerprint density at radius 1 is 1.22 bits per heavy atom. The number of anilines is 1. The predicted molar refractivity (Wildman–Crippen MR) is 103 cm³/mol. The van der Waals surface area contributed by atoms with Gasteiger partial charge < -0.3 is 14.5 Å². The molecule has 0 N–H and O–H groups in total. The lowest BCUT2D eigenvalue weighted by Crippen LogP contribution is -2.36. The molecule has 1 fully saturated rings. The van der Waals surface area contributed by atoms with E-state index in [-0.39, 0.29) is 22.2 Å². The lowest BCUT2D eigenvalue weighted by molar-refractivity contribution is -0.384. The van der Waals surface area contributed by atoms with Gasteiger partial charge in [0.25, 0.3) is 11.6 Å². The van der Waals surface area contributed by atoms with E-state index >= 15 is 0 Å². The van der Waals surface area contributed by atoms with Gasteiger partial charge in [-0.25, -0.2) is 0 Å². The molecule has 0 aliphatic carbocycles. The Morgan fingerprint density at radius 3 is 2.48 bits per heavy atom. The van der Waals surface area contributed by atoms with E-state index in [1.54, 1.807) is 7.05 Å². The maximum Gasteiger partial charge on any atom is 0.270 e. The molecule has 0 atom stereocenters. The monoisotopic (exact) mass is 389 g/mol. The standard InChI is InChI=1S/C19H20ClN3O4/c1-21(19(24)17-7-6-16(23(25)26)12-18(17)20)13-14-2-4-15(5-3-14)22-8-10-27-11-9-22/h2-7,12H,8-11,13H2,1H3. The summed E-state index contributed by atoms with van der Waals surface area (Å²) in [6.07, 6.45) is 0. The van der Waals surface area contributed by atoms with E-state index in [1.165, 1.54) is 23.1 Å². The van der Waals surface area contributed by atoms with Crippen LogP contribution in [0.5, 0.6) is 0 Å². The zero-order valence-electron chi connectivity index (χ0n) is 14.9. The maximum absolute atomic E-state index is 12.6. The molecule has 1 aliphatic rings. The smallest absolute Gasteiger partial charge is 0.270 e. The van der Waals surface area contributed by atoms with Gasteiger partial charge in [-0.1, -0.05) is 23.7 Å². The van der Waals surface area contributed by atoms with Gasteiger partial charge in [0.2, 0.25) is 0 Å². The molecule has 0 radical (unpaired) electrons. The lowest BCUT2D eigenvalue weighted by Gasteiger charge is -2.29. The van der Waals surface area contributed by atoms with Crippen LogP contribution in [0.4, 0.5) is 11.4 Å². The van der Waals surface area contributed by atoms with E-state index in [0.717, 1.165) is 37.6 Å². The second kappa shape index (κ2) is 8.37. The van der Waals surface area contributed by atoms with Gasteiger partial charge >= 0.3 is 0 Å². The first-order valence-corrected chi connectivity index (χ1v) is 8.94. The van der Waals surface area contributed by atoms with Gasteiger partial charge in [0.05, 0.1) is 28.7 Å². The molecule has 7 nitrogen and oxygen atoms in total. The fourth-order valence-corrected chi connectivity index (χ4v) is 3.23. The molecule has 3 rings (SSSR count). The third-order valence-electron chi connectivity index (χ3n) is 4.47. The predicted octanol–water partition coefficient (Wildman–Crippen LogP) is 3.36. The van der Waals surface area contributed by atoms with Crippen molar-refractivity contribution < 1.29 is 14.5 Å². The van der Waals surface area contributed by atoms with E-state index < -0.39 is 4.92 Å². The Morgan fingerprint density at radius 2 is 1.89 bits per heavy atom. The SMILES string of the molecule is CN(Cc1ccc(N2CCOCC2)cc1)C(=O)c1ccc([N+](=O)[O-])cc1Cl. The molecule has 142 valence electrons. The molecule has 1 aliphatic heterocycles. The minimum atomic E-state index is -0.542. The van der Waals surface area contributed by atoms with Crippen molar-refractivity contribution in [3.8, 4) is 0 Å². The minimum Gasteiger partial charge on any atom is -0.378 e. The van der Waals surface area contributed by atoms with Crippen LogP contribution in [0.3, 0.4) is 0 Å². The molecule has 1 saturated heterocycles. The summed E-state index contributed by atoms with van der Waals surface area (Å²) < 4.78 is 5.36. The van der Waals surface area contributed by atoms with Crippen molar-refractivity contribution in [1.82, 2.24) is 4.90 Å². The third-order valence-corrected chi connectivity index (χ3v) is 4.79. The van der Waals surface area contributed by atoms with Crippen LogP contribution in [0, 0.1) is 10.1 Å². The zero-order chi connectivity index (χ0) is 19.4. The van der Waals surface area contributed by atoms with Gasteiger partial charge in [-0.3, -0.25) is 14.9 Å². The molecular weight excluding hydrogens is 370 g/mol. The van der Waals surface area contributed by atoms with E-state index in [1.807, 2.05) is 24.3 Å². The van der Waals surface area contributed by atoms with Gasteiger partial charge in [-0.05, 0) is 23.8 Å². The molecule has 0 spiro atoms. The molecule has 0 aromatic heterocycles. The van der Waals surface area contributed by atoms with E-state index in [9.17, 15) is 14.9 Å². The first kappa shape index (κ1) is 19.1. The van der Waals surface area contributed by atoms with Crippen LogP contribution in [-0.2, 0) is 11.3 Å². The molecule has 0 saturated carbocycles. The molecule has 27 heavy (non-hydrogen) atoms. The Bertz CT molecular complexity index is 835. The normalized spacial score (nSPS) is 14.1. The summed E-state index contributed by atoms with van der Waals surface area (Å²) in [7, 11) is 1.68. The fraction of sp³-hybridized carbons (Fsp3) is 0.316. The van der Waals surface area contributed by atoms with Gasteiger partial charge in [0.1, 0.15) is 0 Å². The highest BCUT2D eigenvalue weighted by molar-refractivity contribution is 6.34. The number of morpholine rings is 1. The van der Waals surface area contributed by atoms with Crippen LogP contribution < -0.4 is 4.90 Å². The summed E-state index contributed by atoms with van der Waals surface area (Å²) in [6, 6.07) is 11.9. The number of ether oxygens (including phenoxy) is 1. The number of rotatable bonds is 5. The molecule has 0 bridgehead atoms. The molecule has 8 heteroatoms. The molecular formula is C19H20ClN3O4. The molecule has 2 aromatic carbocycles. The van der Waals surface area contributed by atoms with Crippen LogP contribution in [0.25, 0.3) is 0 Å². The van der Waals surface area contributed by atoms with Crippen LogP contribution in [0.15, 0.2) is 42.5 Å². The van der Waals surface area contributed by atoms with Crippen molar-refractivity contribution in [1.29, 1.82) is 0 Å². The summed E-state index contributed by atoms with van der Waals surface area (Å²) in [6.45, 7) is 3.62. The highest BCUT2D eigenvalue weighted by Gasteiger charge is 2.18. The van der Waals surface area contributed by atoms with Gasteiger partial charge in [-0.15, -0.1) is 0 Å². The Balaban J connectivity index is 1.66. The van der Waals surface area contributed by atoms with Crippen molar-refractivity contribution in [2.45, 2.75) is 6.54 Å². The number of halogens is 1. The number of benzene rings is 2. The number of hydrogen-bond acceptors (Lipinski definition) is 5. The number of carbonyl (C=O) groups is 1. The Labute approximate surface area is 162 Å². The van der Waals surface area contributed by atoms with Crippen molar-refractivity contribution >= 4 is 28.9 Å². The lowest BCUT2D eigenvalue weighted by atomic mass is 10.1. The number of nitrogens with zero attached hydrogens (tertiary/aromatic N) is 3. The second-order valence-corrected chi connectivity index (χ2v) is 6.76. The summed E-state index contributed by atoms with van der Waals surface area (Å²) in [5.74, 6) is -0.285. The first-order chi connectivity index (χ1) is 13.0.